The normalized spacial score (nSPS) is 10.0. The predicted molar refractivity (Wildman–Crippen MR) is 103 cm³/mol. The molecule has 3 N–H and O–H groups in total. The molecule has 0 bridgehead atoms. The van der Waals surface area contributed by atoms with Crippen LogP contribution in [0.1, 0.15) is 26.3 Å². The van der Waals surface area contributed by atoms with Gasteiger partial charge < -0.3 is 15.2 Å². The highest BCUT2D eigenvalue weighted by Crippen LogP contribution is 2.25. The first-order chi connectivity index (χ1) is 11.8. The zero-order valence-corrected chi connectivity index (χ0v) is 15.8. The van der Waals surface area contributed by atoms with E-state index < -0.39 is 11.9 Å². The second-order valence-electron chi connectivity index (χ2n) is 5.04. The molecule has 0 fully saturated rings. The molecule has 0 radical (unpaired) electrons. The van der Waals surface area contributed by atoms with E-state index in [4.69, 9.17) is 22.1 Å². The molecule has 2 rings (SSSR count). The van der Waals surface area contributed by atoms with Crippen LogP contribution in [-0.4, -0.2) is 29.2 Å². The van der Waals surface area contributed by atoms with E-state index >= 15 is 0 Å². The number of carboxylic acids is 1. The van der Waals surface area contributed by atoms with Gasteiger partial charge >= 0.3 is 5.97 Å². The minimum atomic E-state index is -1.03. The smallest absolute Gasteiger partial charge is 0.336 e. The van der Waals surface area contributed by atoms with E-state index in [9.17, 15) is 9.59 Å². The molecule has 0 aliphatic carbocycles. The van der Waals surface area contributed by atoms with Crippen molar-refractivity contribution in [2.24, 2.45) is 0 Å². The number of aromatic carboxylic acids is 1. The lowest BCUT2D eigenvalue weighted by atomic mass is 10.1. The summed E-state index contributed by atoms with van der Waals surface area (Å²) in [5, 5.41) is 14.6. The molecule has 0 saturated carbocycles. The number of amides is 1. The van der Waals surface area contributed by atoms with E-state index in [2.05, 4.69) is 26.6 Å². The summed E-state index contributed by atoms with van der Waals surface area (Å²) in [6.07, 6.45) is 0. The van der Waals surface area contributed by atoms with E-state index in [1.54, 1.807) is 37.3 Å². The van der Waals surface area contributed by atoms with Crippen molar-refractivity contribution in [3.05, 3.63) is 57.6 Å². The Balaban J connectivity index is 2.10. The minimum absolute atomic E-state index is 0.0718. The largest absolute Gasteiger partial charge is 0.496 e. The third-order valence-electron chi connectivity index (χ3n) is 3.45. The van der Waals surface area contributed by atoms with Crippen LogP contribution in [-0.2, 0) is 0 Å². The van der Waals surface area contributed by atoms with Gasteiger partial charge in [-0.05, 0) is 71.0 Å². The van der Waals surface area contributed by atoms with Gasteiger partial charge in [-0.25, -0.2) is 4.79 Å². The fraction of sp³-hybridized carbons (Fsp3) is 0.118. The van der Waals surface area contributed by atoms with Crippen LogP contribution in [0.25, 0.3) is 0 Å². The quantitative estimate of drug-likeness (QED) is 0.652. The maximum atomic E-state index is 12.3. The first-order valence-electron chi connectivity index (χ1n) is 7.12. The number of hydrogen-bond donors (Lipinski definition) is 3. The molecule has 2 aromatic rings. The minimum Gasteiger partial charge on any atom is -0.496 e. The summed E-state index contributed by atoms with van der Waals surface area (Å²) in [5.74, 6) is -0.814. The van der Waals surface area contributed by atoms with E-state index in [0.717, 1.165) is 0 Å². The zero-order chi connectivity index (χ0) is 18.6. The molecule has 8 heteroatoms. The van der Waals surface area contributed by atoms with Crippen LogP contribution in [0.3, 0.4) is 0 Å². The Kier molecular flexibility index (Phi) is 6.11. The van der Waals surface area contributed by atoms with Crippen LogP contribution in [0.15, 0.2) is 40.9 Å². The second kappa shape index (κ2) is 8.09. The average molecular weight is 423 g/mol. The number of ether oxygens (including phenoxy) is 1. The molecule has 0 unspecified atom stereocenters. The number of halogens is 1. The fourth-order valence-electron chi connectivity index (χ4n) is 2.14. The van der Waals surface area contributed by atoms with Gasteiger partial charge in [0.25, 0.3) is 5.91 Å². The van der Waals surface area contributed by atoms with Crippen molar-refractivity contribution in [2.45, 2.75) is 6.92 Å². The molecular weight excluding hydrogens is 408 g/mol. The third kappa shape index (κ3) is 4.55. The highest BCUT2D eigenvalue weighted by Gasteiger charge is 2.13. The standard InChI is InChI=1S/C17H15BrN2O4S/c1-9-11(16(22)23)4-3-5-13(9)19-17(25)20-15(21)10-6-7-14(24-2)12(18)8-10/h3-8H,1-2H3,(H,22,23)(H2,19,20,21,25). The number of hydrogen-bond acceptors (Lipinski definition) is 4. The summed E-state index contributed by atoms with van der Waals surface area (Å²) in [7, 11) is 1.53. The molecule has 0 aliphatic heterocycles. The number of rotatable bonds is 4. The third-order valence-corrected chi connectivity index (χ3v) is 4.28. The lowest BCUT2D eigenvalue weighted by molar-refractivity contribution is 0.0696. The van der Waals surface area contributed by atoms with Crippen molar-refractivity contribution in [3.63, 3.8) is 0 Å². The van der Waals surface area contributed by atoms with E-state index in [1.807, 2.05) is 0 Å². The van der Waals surface area contributed by atoms with Gasteiger partial charge in [0.2, 0.25) is 0 Å². The second-order valence-corrected chi connectivity index (χ2v) is 6.30. The molecule has 0 saturated heterocycles. The molecule has 0 spiro atoms. The Morgan fingerprint density at radius 1 is 1.24 bits per heavy atom. The number of carbonyl (C=O) groups is 2. The zero-order valence-electron chi connectivity index (χ0n) is 13.4. The van der Waals surface area contributed by atoms with Crippen LogP contribution < -0.4 is 15.4 Å². The summed E-state index contributed by atoms with van der Waals surface area (Å²) < 4.78 is 5.76. The van der Waals surface area contributed by atoms with Crippen molar-refractivity contribution in [1.82, 2.24) is 5.32 Å². The number of methoxy groups -OCH3 is 1. The van der Waals surface area contributed by atoms with Gasteiger partial charge in [-0.2, -0.15) is 0 Å². The molecule has 2 aromatic carbocycles. The monoisotopic (exact) mass is 422 g/mol. The van der Waals surface area contributed by atoms with Gasteiger partial charge in [-0.1, -0.05) is 6.07 Å². The summed E-state index contributed by atoms with van der Waals surface area (Å²) in [5.41, 5.74) is 1.60. The maximum Gasteiger partial charge on any atom is 0.336 e. The number of benzene rings is 2. The highest BCUT2D eigenvalue weighted by atomic mass is 79.9. The van der Waals surface area contributed by atoms with Gasteiger partial charge in [-0.3, -0.25) is 10.1 Å². The topological polar surface area (TPSA) is 87.7 Å². The van der Waals surface area contributed by atoms with E-state index in [1.165, 1.54) is 13.2 Å². The SMILES string of the molecule is COc1ccc(C(=O)NC(=S)Nc2cccc(C(=O)O)c2C)cc1Br. The Hall–Kier alpha value is -2.45. The molecule has 130 valence electrons. The first kappa shape index (κ1) is 18.9. The summed E-state index contributed by atoms with van der Waals surface area (Å²) in [6.45, 7) is 1.66. The van der Waals surface area contributed by atoms with Crippen LogP contribution in [0.5, 0.6) is 5.75 Å². The molecule has 0 atom stereocenters. The lowest BCUT2D eigenvalue weighted by Crippen LogP contribution is -2.34. The summed E-state index contributed by atoms with van der Waals surface area (Å²) >= 11 is 8.45. The van der Waals surface area contributed by atoms with Gasteiger partial charge in [0, 0.05) is 11.3 Å². The summed E-state index contributed by atoms with van der Waals surface area (Å²) in [4.78, 5) is 23.4. The van der Waals surface area contributed by atoms with Gasteiger partial charge in [0.1, 0.15) is 5.75 Å². The van der Waals surface area contributed by atoms with Crippen LogP contribution in [0, 0.1) is 6.92 Å². The number of thiocarbonyl (C=S) groups is 1. The van der Waals surface area contributed by atoms with Gasteiger partial charge in [0.05, 0.1) is 17.1 Å². The maximum absolute atomic E-state index is 12.3. The molecule has 25 heavy (non-hydrogen) atoms. The predicted octanol–water partition coefficient (Wildman–Crippen LogP) is 3.59. The molecule has 1 amide bonds. The Bertz CT molecular complexity index is 855. The average Bonchev–Trinajstić information content (AvgIpc) is 2.56. The van der Waals surface area contributed by atoms with Gasteiger partial charge in [-0.15, -0.1) is 0 Å². The fourth-order valence-corrected chi connectivity index (χ4v) is 2.88. The molecule has 0 aliphatic rings. The molecule has 6 nitrogen and oxygen atoms in total. The molecule has 0 heterocycles. The van der Waals surface area contributed by atoms with E-state index in [0.29, 0.717) is 27.0 Å². The lowest BCUT2D eigenvalue weighted by Gasteiger charge is -2.13. The molecular formula is C17H15BrN2O4S. The van der Waals surface area contributed by atoms with Crippen molar-refractivity contribution in [3.8, 4) is 5.75 Å². The Labute approximate surface area is 158 Å². The van der Waals surface area contributed by atoms with Crippen molar-refractivity contribution in [2.75, 3.05) is 12.4 Å². The van der Waals surface area contributed by atoms with Gasteiger partial charge in [0.15, 0.2) is 5.11 Å². The number of carbonyl (C=O) groups excluding carboxylic acids is 1. The number of nitrogens with one attached hydrogen (secondary N) is 2. The van der Waals surface area contributed by atoms with Crippen LogP contribution in [0.2, 0.25) is 0 Å². The number of anilines is 1. The van der Waals surface area contributed by atoms with Crippen LogP contribution >= 0.6 is 28.1 Å². The number of carboxylic acid groups (broad SMARTS) is 1. The van der Waals surface area contributed by atoms with E-state index in [-0.39, 0.29) is 10.7 Å². The molecule has 0 aromatic heterocycles. The van der Waals surface area contributed by atoms with Crippen molar-refractivity contribution < 1.29 is 19.4 Å². The van der Waals surface area contributed by atoms with Crippen molar-refractivity contribution in [1.29, 1.82) is 0 Å². The van der Waals surface area contributed by atoms with Crippen LogP contribution in [0.4, 0.5) is 5.69 Å². The first-order valence-corrected chi connectivity index (χ1v) is 8.32. The van der Waals surface area contributed by atoms with Crippen molar-refractivity contribution >= 4 is 50.8 Å². The highest BCUT2D eigenvalue weighted by molar-refractivity contribution is 9.10. The Morgan fingerprint density at radius 2 is 1.96 bits per heavy atom. The summed E-state index contributed by atoms with van der Waals surface area (Å²) in [6, 6.07) is 9.67. The Morgan fingerprint density at radius 3 is 2.56 bits per heavy atom.